The Balaban J connectivity index is 0.000000205. The van der Waals surface area contributed by atoms with E-state index in [1.807, 2.05) is 37.4 Å². The number of anilines is 3. The Morgan fingerprint density at radius 3 is 1.74 bits per heavy atom. The van der Waals surface area contributed by atoms with Gasteiger partial charge in [0.1, 0.15) is 0 Å². The molecule has 1 fully saturated rings. The molecular weight excluding hydrogens is 800 g/mol. The number of hydrogen-bond donors (Lipinski definition) is 5. The van der Waals surface area contributed by atoms with Crippen molar-refractivity contribution < 1.29 is 0 Å². The number of hydrogen-bond acceptors (Lipinski definition) is 14. The molecule has 3 aromatic rings. The van der Waals surface area contributed by atoms with Crippen molar-refractivity contribution in [1.82, 2.24) is 36.0 Å². The van der Waals surface area contributed by atoms with Gasteiger partial charge in [0.2, 0.25) is 0 Å². The van der Waals surface area contributed by atoms with E-state index in [2.05, 4.69) is 46.4 Å². The Kier molecular flexibility index (Phi) is 16.1. The minimum absolute atomic E-state index is 0.0904. The first kappa shape index (κ1) is 33.1. The maximum absolute atomic E-state index is 5.75. The number of rotatable bonds is 14. The summed E-state index contributed by atoms with van der Waals surface area (Å²) < 4.78 is 7.35. The molecule has 216 valence electrons. The van der Waals surface area contributed by atoms with Crippen LogP contribution in [-0.2, 0) is 19.3 Å². The monoisotopic (exact) mass is 840 g/mol. The molecule has 1 aliphatic carbocycles. The number of nitrogens with one attached hydrogen (secondary N) is 2. The van der Waals surface area contributed by atoms with Gasteiger partial charge in [-0.2, -0.15) is 0 Å². The molecule has 1 unspecified atom stereocenters. The molecule has 4 heterocycles. The van der Waals surface area contributed by atoms with Crippen LogP contribution in [0, 0.1) is 0 Å². The molecule has 0 bridgehead atoms. The van der Waals surface area contributed by atoms with Gasteiger partial charge in [0.05, 0.1) is 0 Å². The Labute approximate surface area is 262 Å². The van der Waals surface area contributed by atoms with E-state index in [0.717, 1.165) is 62.5 Å². The number of nitrogen functional groups attached to an aromatic ring is 2. The second-order valence-electron chi connectivity index (χ2n) is 7.89. The zero-order valence-corrected chi connectivity index (χ0v) is 30.5. The fourth-order valence-corrected chi connectivity index (χ4v) is 11.6. The molecule has 39 heavy (non-hydrogen) atoms. The second kappa shape index (κ2) is 18.9. The SMILES string of the molecule is CC.NC1NN=C(CCSCCc2nnc(NC3CC3)[se]2)[Se]1.Nc1nnc(CCSCCc2nnc(N)[se]2)[se]1. The van der Waals surface area contributed by atoms with Gasteiger partial charge in [-0.15, -0.1) is 0 Å². The zero-order valence-electron chi connectivity index (χ0n) is 22.0. The Hall–Kier alpha value is -0.372. The molecule has 0 saturated heterocycles. The minimum atomic E-state index is 0.0904. The summed E-state index contributed by atoms with van der Waals surface area (Å²) in [6.45, 7) is 4.00. The van der Waals surface area contributed by atoms with Gasteiger partial charge < -0.3 is 0 Å². The van der Waals surface area contributed by atoms with Crippen molar-refractivity contribution in [3.63, 3.8) is 0 Å². The molecule has 1 aliphatic heterocycles. The van der Waals surface area contributed by atoms with Gasteiger partial charge in [-0.25, -0.2) is 0 Å². The first-order chi connectivity index (χ1) is 19.0. The summed E-state index contributed by atoms with van der Waals surface area (Å²) >= 11 is 4.96. The van der Waals surface area contributed by atoms with Crippen molar-refractivity contribution in [2.45, 2.75) is 63.5 Å². The maximum atomic E-state index is 5.75. The van der Waals surface area contributed by atoms with Crippen LogP contribution in [0.4, 0.5) is 14.1 Å². The van der Waals surface area contributed by atoms with Crippen molar-refractivity contribution in [3.8, 4) is 0 Å². The molecule has 0 amide bonds. The Bertz CT molecular complexity index is 1080. The number of thioether (sulfide) groups is 2. The molecule has 0 spiro atoms. The third-order valence-corrected chi connectivity index (χ3v) is 14.0. The van der Waals surface area contributed by atoms with Gasteiger partial charge in [0.25, 0.3) is 0 Å². The number of nitrogens with zero attached hydrogens (tertiary/aromatic N) is 7. The van der Waals surface area contributed by atoms with E-state index < -0.39 is 0 Å². The van der Waals surface area contributed by atoms with Gasteiger partial charge in [-0.05, 0) is 0 Å². The van der Waals surface area contributed by atoms with Crippen LogP contribution in [0.25, 0.3) is 0 Å². The first-order valence-electron chi connectivity index (χ1n) is 12.7. The van der Waals surface area contributed by atoms with Gasteiger partial charge in [0, 0.05) is 0 Å². The summed E-state index contributed by atoms with van der Waals surface area (Å²) in [4.78, 5) is 0. The van der Waals surface area contributed by atoms with E-state index in [-0.39, 0.29) is 34.1 Å². The predicted molar refractivity (Wildman–Crippen MR) is 168 cm³/mol. The van der Waals surface area contributed by atoms with Crippen LogP contribution in [-0.4, -0.2) is 128 Å². The van der Waals surface area contributed by atoms with E-state index >= 15 is 0 Å². The normalized spacial score (nSPS) is 16.0. The molecule has 5 rings (SSSR count). The van der Waals surface area contributed by atoms with E-state index in [4.69, 9.17) is 17.2 Å². The fraction of sp³-hybridized carbons (Fsp3) is 0.667. The third kappa shape index (κ3) is 13.9. The summed E-state index contributed by atoms with van der Waals surface area (Å²) in [7, 11) is 0. The zero-order chi connectivity index (χ0) is 27.9. The summed E-state index contributed by atoms with van der Waals surface area (Å²) in [5, 5.41) is 32.1. The van der Waals surface area contributed by atoms with Crippen molar-refractivity contribution in [2.75, 3.05) is 39.8 Å². The standard InChI is InChI=1S/C11H18N6SSe2.C8H12N6SSe2.C2H6/c12-10-16-14-8(19-10)3-5-18-6-4-9-15-17-11(20-9)13-7-1-2-7;9-7-13-11-5(16-7)1-3-15-4-2-6-12-14-8(10)17-6;1-2/h7,10,16H,1-6,12H2,(H,13,17);1-4H2,(H2,9,13)(H2,10,14);1-2H3. The molecule has 8 N–H and O–H groups in total. The van der Waals surface area contributed by atoms with E-state index in [1.165, 1.54) is 22.0 Å². The third-order valence-electron chi connectivity index (χ3n) is 4.76. The van der Waals surface area contributed by atoms with Crippen LogP contribution in [0.1, 0.15) is 46.8 Å². The predicted octanol–water partition coefficient (Wildman–Crippen LogP) is -0.273. The average Bonchev–Trinajstić information content (AvgIpc) is 3.28. The van der Waals surface area contributed by atoms with Crippen LogP contribution in [0.5, 0.6) is 0 Å². The number of nitrogens with two attached hydrogens (primary N) is 3. The quantitative estimate of drug-likeness (QED) is 0.106. The molecule has 1 atom stereocenters. The van der Waals surface area contributed by atoms with Crippen molar-refractivity contribution in [1.29, 1.82) is 0 Å². The summed E-state index contributed by atoms with van der Waals surface area (Å²) in [6, 6.07) is 0.689. The summed E-state index contributed by atoms with van der Waals surface area (Å²) in [5.41, 5.74) is 19.8. The van der Waals surface area contributed by atoms with Crippen molar-refractivity contribution >= 4 is 101 Å². The van der Waals surface area contributed by atoms with E-state index in [0.29, 0.717) is 44.9 Å². The van der Waals surface area contributed by atoms with E-state index in [1.54, 1.807) is 0 Å². The Morgan fingerprint density at radius 1 is 0.769 bits per heavy atom. The molecule has 0 aromatic carbocycles. The second-order valence-corrected chi connectivity index (χ2v) is 19.7. The fourth-order valence-electron chi connectivity index (χ4n) is 2.84. The van der Waals surface area contributed by atoms with Crippen LogP contribution >= 0.6 is 23.5 Å². The van der Waals surface area contributed by atoms with Crippen LogP contribution in [0.15, 0.2) is 5.10 Å². The molecule has 12 nitrogen and oxygen atoms in total. The van der Waals surface area contributed by atoms with Gasteiger partial charge in [-0.3, -0.25) is 0 Å². The number of aromatic nitrogens is 6. The van der Waals surface area contributed by atoms with Crippen LogP contribution in [0.3, 0.4) is 0 Å². The van der Waals surface area contributed by atoms with Gasteiger partial charge >= 0.3 is 251 Å². The number of aryl methyl sites for hydroxylation is 3. The average molecular weight is 837 g/mol. The van der Waals surface area contributed by atoms with Crippen molar-refractivity contribution in [3.05, 3.63) is 13.7 Å². The molecular formula is C21H36N12S2Se4. The summed E-state index contributed by atoms with van der Waals surface area (Å²) in [5.74, 6) is 4.40. The van der Waals surface area contributed by atoms with Crippen LogP contribution < -0.4 is 27.9 Å². The van der Waals surface area contributed by atoms with Crippen LogP contribution in [0.2, 0.25) is 0 Å². The van der Waals surface area contributed by atoms with Gasteiger partial charge in [-0.1, -0.05) is 13.8 Å². The number of hydrazone groups is 1. The topological polar surface area (TPSA) is 192 Å². The molecule has 0 radical (unpaired) electrons. The molecule has 18 heteroatoms. The molecule has 2 aliphatic rings. The molecule has 3 aromatic heterocycles. The molecule has 1 saturated carbocycles. The van der Waals surface area contributed by atoms with Gasteiger partial charge in [0.15, 0.2) is 0 Å². The van der Waals surface area contributed by atoms with E-state index in [9.17, 15) is 0 Å². The Morgan fingerprint density at radius 2 is 1.28 bits per heavy atom. The van der Waals surface area contributed by atoms with Crippen molar-refractivity contribution in [2.24, 2.45) is 10.8 Å². The summed E-state index contributed by atoms with van der Waals surface area (Å²) in [6.07, 6.45) is 6.71. The first-order valence-corrected chi connectivity index (χ1v) is 22.0.